The van der Waals surface area contributed by atoms with Crippen molar-refractivity contribution < 1.29 is 4.79 Å². The van der Waals surface area contributed by atoms with Gasteiger partial charge < -0.3 is 9.47 Å². The van der Waals surface area contributed by atoms with Crippen LogP contribution in [0.1, 0.15) is 39.8 Å². The Hall–Kier alpha value is -3.89. The van der Waals surface area contributed by atoms with Gasteiger partial charge in [-0.15, -0.1) is 16.4 Å². The van der Waals surface area contributed by atoms with Gasteiger partial charge in [0, 0.05) is 54.8 Å². The lowest BCUT2D eigenvalue weighted by Crippen LogP contribution is -2.27. The number of benzene rings is 1. The first-order chi connectivity index (χ1) is 17.9. The molecule has 0 bridgehead atoms. The summed E-state index contributed by atoms with van der Waals surface area (Å²) in [6.07, 6.45) is 5.61. The number of halogens is 1. The number of rotatable bonds is 5. The molecule has 2 aliphatic rings. The van der Waals surface area contributed by atoms with Crippen LogP contribution >= 0.6 is 22.9 Å². The third-order valence-corrected chi connectivity index (χ3v) is 7.88. The van der Waals surface area contributed by atoms with Crippen LogP contribution in [0.25, 0.3) is 22.4 Å². The maximum absolute atomic E-state index is 13.4. The van der Waals surface area contributed by atoms with E-state index in [9.17, 15) is 9.59 Å². The van der Waals surface area contributed by atoms with Crippen molar-refractivity contribution in [2.45, 2.75) is 25.3 Å². The third kappa shape index (κ3) is 4.21. The van der Waals surface area contributed by atoms with Crippen molar-refractivity contribution in [2.24, 2.45) is 4.99 Å². The fourth-order valence-corrected chi connectivity index (χ4v) is 6.07. The van der Waals surface area contributed by atoms with E-state index in [-0.39, 0.29) is 17.5 Å². The molecule has 2 aliphatic heterocycles. The van der Waals surface area contributed by atoms with Crippen molar-refractivity contribution in [2.75, 3.05) is 14.1 Å². The van der Waals surface area contributed by atoms with Gasteiger partial charge in [-0.1, -0.05) is 11.6 Å². The van der Waals surface area contributed by atoms with E-state index in [1.165, 1.54) is 17.7 Å². The molecule has 3 aromatic heterocycles. The van der Waals surface area contributed by atoms with Crippen molar-refractivity contribution in [3.8, 4) is 16.8 Å². The van der Waals surface area contributed by atoms with Crippen LogP contribution in [0.5, 0.6) is 0 Å². The Morgan fingerprint density at radius 2 is 2.03 bits per heavy atom. The summed E-state index contributed by atoms with van der Waals surface area (Å²) in [5.41, 5.74) is 6.21. The van der Waals surface area contributed by atoms with E-state index < -0.39 is 0 Å². The molecule has 6 rings (SSSR count). The number of allylic oxidation sites excluding steroid dienone is 1. The quantitative estimate of drug-likeness (QED) is 0.383. The lowest BCUT2D eigenvalue weighted by molar-refractivity contribution is 0.0832. The SMILES string of the molecule is CN(C)C(=O)c1cc(C2=CN=C([C@@H]3CCc4cc(-c5cc(Cl)ccc5-n5cnnn5)cc(=O)n43)C2)cs1. The second-order valence-corrected chi connectivity index (χ2v) is 10.6. The van der Waals surface area contributed by atoms with Crippen molar-refractivity contribution in [3.63, 3.8) is 0 Å². The minimum atomic E-state index is -0.0924. The summed E-state index contributed by atoms with van der Waals surface area (Å²) >= 11 is 7.74. The summed E-state index contributed by atoms with van der Waals surface area (Å²) < 4.78 is 3.41. The van der Waals surface area contributed by atoms with Crippen molar-refractivity contribution in [3.05, 3.63) is 85.8 Å². The van der Waals surface area contributed by atoms with Crippen LogP contribution in [0.15, 0.2) is 64.1 Å². The largest absolute Gasteiger partial charge is 0.344 e. The van der Waals surface area contributed by atoms with Crippen LogP contribution in [-0.4, -0.2) is 55.4 Å². The summed E-state index contributed by atoms with van der Waals surface area (Å²) in [5, 5.41) is 14.0. The summed E-state index contributed by atoms with van der Waals surface area (Å²) in [7, 11) is 3.49. The summed E-state index contributed by atoms with van der Waals surface area (Å²) in [5.74, 6) is -0.00832. The van der Waals surface area contributed by atoms with Crippen LogP contribution in [-0.2, 0) is 6.42 Å². The number of fused-ring (bicyclic) bond motifs is 1. The van der Waals surface area contributed by atoms with Crippen LogP contribution in [0, 0.1) is 0 Å². The van der Waals surface area contributed by atoms with Crippen LogP contribution in [0.2, 0.25) is 5.02 Å². The molecule has 5 heterocycles. The van der Waals surface area contributed by atoms with E-state index in [1.54, 1.807) is 35.8 Å². The van der Waals surface area contributed by atoms with E-state index in [0.717, 1.165) is 52.2 Å². The van der Waals surface area contributed by atoms with Gasteiger partial charge >= 0.3 is 0 Å². The zero-order valence-corrected chi connectivity index (χ0v) is 21.7. The fraction of sp³-hybridized carbons (Fsp3) is 0.231. The number of carbonyl (C=O) groups excluding carboxylic acids is 1. The molecule has 0 unspecified atom stereocenters. The molecule has 0 fully saturated rings. The molecule has 1 aromatic carbocycles. The Labute approximate surface area is 221 Å². The lowest BCUT2D eigenvalue weighted by atomic mass is 10.0. The van der Waals surface area contributed by atoms with Crippen LogP contribution in [0.3, 0.4) is 0 Å². The summed E-state index contributed by atoms with van der Waals surface area (Å²) in [4.78, 5) is 32.7. The molecule has 186 valence electrons. The molecule has 0 saturated heterocycles. The Bertz CT molecular complexity index is 1650. The lowest BCUT2D eigenvalue weighted by Gasteiger charge is -2.17. The van der Waals surface area contributed by atoms with Gasteiger partial charge in [0.15, 0.2) is 0 Å². The van der Waals surface area contributed by atoms with Crippen molar-refractivity contribution in [1.82, 2.24) is 29.7 Å². The first-order valence-corrected chi connectivity index (χ1v) is 13.0. The number of hydrogen-bond acceptors (Lipinski definition) is 7. The Kier molecular flexibility index (Phi) is 5.85. The van der Waals surface area contributed by atoms with Crippen LogP contribution in [0.4, 0.5) is 0 Å². The van der Waals surface area contributed by atoms with E-state index in [4.69, 9.17) is 16.6 Å². The molecule has 1 atom stereocenters. The number of aliphatic imine (C=N–C) groups is 1. The molecule has 0 N–H and O–H groups in total. The standard InChI is InChI=1S/C26H22ClN7O2S/c1-32(2)26(36)24-9-17(13-37-24)16-8-21(28-12-16)23-6-4-19-7-15(10-25(35)34(19)23)20-11-18(27)3-5-22(20)33-14-29-30-31-33/h3,5,7,9-14,23H,4,6,8H2,1-2H3/t23-/m0/s1. The average Bonchev–Trinajstić information content (AvgIpc) is 3.68. The van der Waals surface area contributed by atoms with Gasteiger partial charge in [-0.25, -0.2) is 0 Å². The normalized spacial score (nSPS) is 16.5. The number of pyridine rings is 1. The van der Waals surface area contributed by atoms with E-state index in [1.807, 2.05) is 40.4 Å². The smallest absolute Gasteiger partial charge is 0.263 e. The molecule has 4 aromatic rings. The molecule has 11 heteroatoms. The molecular weight excluding hydrogens is 510 g/mol. The van der Waals surface area contributed by atoms with Gasteiger partial charge in [0.1, 0.15) is 6.33 Å². The molecule has 37 heavy (non-hydrogen) atoms. The topological polar surface area (TPSA) is 98.3 Å². The first-order valence-electron chi connectivity index (χ1n) is 11.7. The number of aromatic nitrogens is 5. The number of carbonyl (C=O) groups is 1. The maximum atomic E-state index is 13.4. The highest BCUT2D eigenvalue weighted by Crippen LogP contribution is 2.36. The van der Waals surface area contributed by atoms with E-state index in [2.05, 4.69) is 15.5 Å². The second kappa shape index (κ2) is 9.20. The highest BCUT2D eigenvalue weighted by atomic mass is 35.5. The minimum absolute atomic E-state index is 0.00832. The zero-order valence-electron chi connectivity index (χ0n) is 20.1. The summed E-state index contributed by atoms with van der Waals surface area (Å²) in [6, 6.07) is 10.9. The highest BCUT2D eigenvalue weighted by Gasteiger charge is 2.30. The van der Waals surface area contributed by atoms with Crippen molar-refractivity contribution >= 4 is 40.1 Å². The number of amides is 1. The minimum Gasteiger partial charge on any atom is -0.344 e. The summed E-state index contributed by atoms with van der Waals surface area (Å²) in [6.45, 7) is 0. The Morgan fingerprint density at radius 1 is 1.16 bits per heavy atom. The molecule has 9 nitrogen and oxygen atoms in total. The fourth-order valence-electron chi connectivity index (χ4n) is 4.94. The van der Waals surface area contributed by atoms with Gasteiger partial charge in [0.25, 0.3) is 11.5 Å². The Balaban J connectivity index is 1.27. The first kappa shape index (κ1) is 23.5. The van der Waals surface area contributed by atoms with E-state index >= 15 is 0 Å². The van der Waals surface area contributed by atoms with Gasteiger partial charge in [-0.2, -0.15) is 4.68 Å². The number of hydrogen-bond donors (Lipinski definition) is 0. The number of tetrazole rings is 1. The van der Waals surface area contributed by atoms with Crippen LogP contribution < -0.4 is 5.56 Å². The second-order valence-electron chi connectivity index (χ2n) is 9.26. The van der Waals surface area contributed by atoms with Crippen molar-refractivity contribution in [1.29, 1.82) is 0 Å². The number of thiophene rings is 1. The molecule has 0 saturated carbocycles. The number of aryl methyl sites for hydroxylation is 1. The Morgan fingerprint density at radius 3 is 2.81 bits per heavy atom. The maximum Gasteiger partial charge on any atom is 0.263 e. The zero-order chi connectivity index (χ0) is 25.7. The molecule has 0 spiro atoms. The van der Waals surface area contributed by atoms with Gasteiger partial charge in [-0.05, 0) is 75.7 Å². The van der Waals surface area contributed by atoms with Gasteiger partial charge in [-0.3, -0.25) is 14.6 Å². The van der Waals surface area contributed by atoms with Gasteiger partial charge in [0.2, 0.25) is 0 Å². The highest BCUT2D eigenvalue weighted by molar-refractivity contribution is 7.12. The third-order valence-electron chi connectivity index (χ3n) is 6.73. The predicted octanol–water partition coefficient (Wildman–Crippen LogP) is 4.28. The monoisotopic (exact) mass is 531 g/mol. The molecule has 0 radical (unpaired) electrons. The number of nitrogens with zero attached hydrogens (tertiary/aromatic N) is 7. The average molecular weight is 532 g/mol. The van der Waals surface area contributed by atoms with Gasteiger partial charge in [0.05, 0.1) is 16.6 Å². The van der Waals surface area contributed by atoms with E-state index in [0.29, 0.717) is 16.3 Å². The predicted molar refractivity (Wildman–Crippen MR) is 144 cm³/mol. The molecular formula is C26H22ClN7O2S. The molecule has 1 amide bonds. The molecule has 0 aliphatic carbocycles.